The standard InChI is InChI=1S/C19H22N4O2S/c1-12(24)13-2-4-15(5-3-13)21-19(25)17-18-14(6-9-26-18)10-16(22-17)23-8-7-20-11-23/h6-13,15,24H,2-5H2,1H3,(H,21,25)/t12-,13?,15?/m0/s1. The van der Waals surface area contributed by atoms with Crippen LogP contribution in [-0.4, -0.2) is 37.7 Å². The quantitative estimate of drug-likeness (QED) is 0.739. The number of nitrogens with one attached hydrogen (secondary N) is 1. The summed E-state index contributed by atoms with van der Waals surface area (Å²) in [5.41, 5.74) is 0.471. The molecule has 3 aromatic heterocycles. The first-order chi connectivity index (χ1) is 12.6. The molecule has 1 atom stereocenters. The Kier molecular flexibility index (Phi) is 4.74. The number of aliphatic hydroxyl groups is 1. The highest BCUT2D eigenvalue weighted by Crippen LogP contribution is 2.29. The molecule has 0 aromatic carbocycles. The second-order valence-electron chi connectivity index (χ2n) is 6.96. The Balaban J connectivity index is 1.56. The molecule has 4 rings (SSSR count). The van der Waals surface area contributed by atoms with E-state index in [1.165, 1.54) is 11.3 Å². The Hall–Kier alpha value is -2.25. The Morgan fingerprint density at radius 1 is 1.38 bits per heavy atom. The normalized spacial score (nSPS) is 21.6. The number of nitrogens with zero attached hydrogens (tertiary/aromatic N) is 3. The maximum Gasteiger partial charge on any atom is 0.271 e. The van der Waals surface area contributed by atoms with Crippen molar-refractivity contribution in [3.05, 3.63) is 41.9 Å². The molecule has 0 spiro atoms. The fourth-order valence-corrected chi connectivity index (χ4v) is 4.51. The Labute approximate surface area is 155 Å². The molecule has 0 radical (unpaired) electrons. The molecule has 1 aliphatic rings. The molecule has 6 nitrogen and oxygen atoms in total. The van der Waals surface area contributed by atoms with Crippen molar-refractivity contribution in [2.45, 2.75) is 44.8 Å². The minimum atomic E-state index is -0.272. The van der Waals surface area contributed by atoms with Gasteiger partial charge in [0.2, 0.25) is 0 Å². The minimum absolute atomic E-state index is 0.125. The van der Waals surface area contributed by atoms with Crippen LogP contribution in [0.15, 0.2) is 36.2 Å². The Morgan fingerprint density at radius 2 is 2.19 bits per heavy atom. The average Bonchev–Trinajstić information content (AvgIpc) is 3.32. The molecule has 1 fully saturated rings. The maximum atomic E-state index is 12.9. The summed E-state index contributed by atoms with van der Waals surface area (Å²) in [5, 5.41) is 15.9. The number of hydrogen-bond donors (Lipinski definition) is 2. The summed E-state index contributed by atoms with van der Waals surface area (Å²) in [7, 11) is 0. The summed E-state index contributed by atoms with van der Waals surface area (Å²) in [6, 6.07) is 4.12. The van der Waals surface area contributed by atoms with Gasteiger partial charge in [0.15, 0.2) is 0 Å². The number of rotatable bonds is 4. The van der Waals surface area contributed by atoms with Crippen molar-refractivity contribution in [2.24, 2.45) is 5.92 Å². The van der Waals surface area contributed by atoms with Gasteiger partial charge in [-0.05, 0) is 61.4 Å². The second-order valence-corrected chi connectivity index (χ2v) is 7.88. The Morgan fingerprint density at radius 3 is 2.88 bits per heavy atom. The van der Waals surface area contributed by atoms with Gasteiger partial charge in [-0.3, -0.25) is 9.36 Å². The summed E-state index contributed by atoms with van der Waals surface area (Å²) in [6.07, 6.45) is 8.61. The number of amides is 1. The van der Waals surface area contributed by atoms with Crippen LogP contribution < -0.4 is 5.32 Å². The predicted octanol–water partition coefficient (Wildman–Crippen LogP) is 3.15. The molecule has 1 saturated carbocycles. The van der Waals surface area contributed by atoms with Crippen LogP contribution in [0.3, 0.4) is 0 Å². The van der Waals surface area contributed by atoms with Gasteiger partial charge in [-0.1, -0.05) is 0 Å². The van der Waals surface area contributed by atoms with Gasteiger partial charge in [-0.15, -0.1) is 11.3 Å². The lowest BCUT2D eigenvalue weighted by Crippen LogP contribution is -2.39. The van der Waals surface area contributed by atoms with Crippen LogP contribution in [0.25, 0.3) is 15.9 Å². The monoisotopic (exact) mass is 370 g/mol. The third-order valence-corrected chi connectivity index (χ3v) is 6.13. The molecule has 7 heteroatoms. The number of hydrogen-bond acceptors (Lipinski definition) is 5. The van der Waals surface area contributed by atoms with E-state index in [4.69, 9.17) is 0 Å². The number of carbonyl (C=O) groups is 1. The number of aliphatic hydroxyl groups excluding tert-OH is 1. The lowest BCUT2D eigenvalue weighted by atomic mass is 9.83. The van der Waals surface area contributed by atoms with Crippen molar-refractivity contribution in [1.82, 2.24) is 19.9 Å². The van der Waals surface area contributed by atoms with E-state index in [-0.39, 0.29) is 18.1 Å². The molecular formula is C19H22N4O2S. The third-order valence-electron chi connectivity index (χ3n) is 5.20. The molecular weight excluding hydrogens is 348 g/mol. The average molecular weight is 370 g/mol. The topological polar surface area (TPSA) is 80.0 Å². The molecule has 3 aromatic rings. The number of aromatic nitrogens is 3. The molecule has 1 aliphatic carbocycles. The van der Waals surface area contributed by atoms with Crippen LogP contribution >= 0.6 is 11.3 Å². The van der Waals surface area contributed by atoms with E-state index in [0.717, 1.165) is 35.8 Å². The first-order valence-corrected chi connectivity index (χ1v) is 9.85. The zero-order valence-corrected chi connectivity index (χ0v) is 15.4. The molecule has 0 bridgehead atoms. The van der Waals surface area contributed by atoms with E-state index in [1.54, 1.807) is 12.5 Å². The summed E-state index contributed by atoms with van der Waals surface area (Å²) >= 11 is 1.53. The van der Waals surface area contributed by atoms with E-state index in [0.29, 0.717) is 17.4 Å². The fraction of sp³-hybridized carbons (Fsp3) is 0.421. The van der Waals surface area contributed by atoms with Crippen LogP contribution in [0.5, 0.6) is 0 Å². The molecule has 0 unspecified atom stereocenters. The maximum absolute atomic E-state index is 12.9. The van der Waals surface area contributed by atoms with Crippen molar-refractivity contribution in [3.63, 3.8) is 0 Å². The highest BCUT2D eigenvalue weighted by molar-refractivity contribution is 7.17. The highest BCUT2D eigenvalue weighted by Gasteiger charge is 2.26. The molecule has 1 amide bonds. The minimum Gasteiger partial charge on any atom is -0.393 e. The van der Waals surface area contributed by atoms with Gasteiger partial charge in [-0.25, -0.2) is 9.97 Å². The predicted molar refractivity (Wildman–Crippen MR) is 102 cm³/mol. The Bertz CT molecular complexity index is 896. The summed E-state index contributed by atoms with van der Waals surface area (Å²) < 4.78 is 2.71. The van der Waals surface area contributed by atoms with Crippen molar-refractivity contribution in [3.8, 4) is 5.82 Å². The number of imidazole rings is 1. The van der Waals surface area contributed by atoms with Crippen molar-refractivity contribution in [1.29, 1.82) is 0 Å². The van der Waals surface area contributed by atoms with E-state index in [1.807, 2.05) is 35.2 Å². The van der Waals surface area contributed by atoms with Gasteiger partial charge in [0.1, 0.15) is 17.8 Å². The largest absolute Gasteiger partial charge is 0.393 e. The third kappa shape index (κ3) is 3.37. The SMILES string of the molecule is C[C@H](O)C1CCC(NC(=O)c2nc(-n3ccnc3)cc3ccsc23)CC1. The lowest BCUT2D eigenvalue weighted by molar-refractivity contribution is 0.0830. The molecule has 0 aliphatic heterocycles. The van der Waals surface area contributed by atoms with Crippen molar-refractivity contribution in [2.75, 3.05) is 0 Å². The van der Waals surface area contributed by atoms with Crippen LogP contribution in [-0.2, 0) is 0 Å². The van der Waals surface area contributed by atoms with Gasteiger partial charge in [0.05, 0.1) is 10.8 Å². The van der Waals surface area contributed by atoms with Crippen LogP contribution in [0, 0.1) is 5.92 Å². The lowest BCUT2D eigenvalue weighted by Gasteiger charge is -2.30. The first kappa shape index (κ1) is 17.2. The van der Waals surface area contributed by atoms with Gasteiger partial charge in [0, 0.05) is 18.4 Å². The molecule has 2 N–H and O–H groups in total. The van der Waals surface area contributed by atoms with E-state index < -0.39 is 0 Å². The first-order valence-electron chi connectivity index (χ1n) is 8.97. The van der Waals surface area contributed by atoms with Gasteiger partial charge in [0.25, 0.3) is 5.91 Å². The van der Waals surface area contributed by atoms with E-state index in [9.17, 15) is 9.90 Å². The molecule has 26 heavy (non-hydrogen) atoms. The van der Waals surface area contributed by atoms with Crippen molar-refractivity contribution < 1.29 is 9.90 Å². The molecule has 136 valence electrons. The van der Waals surface area contributed by atoms with Crippen molar-refractivity contribution >= 4 is 27.3 Å². The number of carbonyl (C=O) groups excluding carboxylic acids is 1. The zero-order chi connectivity index (χ0) is 18.1. The number of pyridine rings is 1. The molecule has 0 saturated heterocycles. The summed E-state index contributed by atoms with van der Waals surface area (Å²) in [4.78, 5) is 21.6. The van der Waals surface area contributed by atoms with Crippen LogP contribution in [0.2, 0.25) is 0 Å². The zero-order valence-electron chi connectivity index (χ0n) is 14.6. The summed E-state index contributed by atoms with van der Waals surface area (Å²) in [5.74, 6) is 0.908. The molecule has 3 heterocycles. The van der Waals surface area contributed by atoms with Crippen LogP contribution in [0.4, 0.5) is 0 Å². The van der Waals surface area contributed by atoms with E-state index in [2.05, 4.69) is 15.3 Å². The van der Waals surface area contributed by atoms with Gasteiger partial charge in [-0.2, -0.15) is 0 Å². The smallest absolute Gasteiger partial charge is 0.271 e. The highest BCUT2D eigenvalue weighted by atomic mass is 32.1. The fourth-order valence-electron chi connectivity index (χ4n) is 3.64. The number of thiophene rings is 1. The van der Waals surface area contributed by atoms with E-state index >= 15 is 0 Å². The summed E-state index contributed by atoms with van der Waals surface area (Å²) in [6.45, 7) is 1.85. The van der Waals surface area contributed by atoms with Gasteiger partial charge < -0.3 is 10.4 Å². The second kappa shape index (κ2) is 7.17. The van der Waals surface area contributed by atoms with Crippen LogP contribution in [0.1, 0.15) is 43.1 Å². The number of fused-ring (bicyclic) bond motifs is 1. The van der Waals surface area contributed by atoms with Gasteiger partial charge >= 0.3 is 0 Å².